The minimum atomic E-state index is 0.638. The molecular weight excluding hydrogens is 681 g/mol. The van der Waals surface area contributed by atoms with Crippen molar-refractivity contribution in [3.63, 3.8) is 0 Å². The second-order valence-electron chi connectivity index (χ2n) is 14.1. The zero-order valence-electron chi connectivity index (χ0n) is 30.8. The van der Waals surface area contributed by atoms with Gasteiger partial charge in [0.2, 0.25) is 0 Å². The highest BCUT2D eigenvalue weighted by atomic mass is 15.0. The van der Waals surface area contributed by atoms with E-state index in [1.165, 1.54) is 49.6 Å². The fourth-order valence-corrected chi connectivity index (χ4v) is 7.83. The molecule has 0 amide bonds. The summed E-state index contributed by atoms with van der Waals surface area (Å²) < 4.78 is 2.36. The molecule has 0 radical (unpaired) electrons. The lowest BCUT2D eigenvalue weighted by molar-refractivity contribution is 1.07. The molecule has 264 valence electrons. The topological polar surface area (TPSA) is 43.6 Å². The molecule has 0 atom stereocenters. The third-order valence-corrected chi connectivity index (χ3v) is 10.6. The Morgan fingerprint density at radius 3 is 1.55 bits per heavy atom. The van der Waals surface area contributed by atoms with Crippen molar-refractivity contribution in [1.29, 1.82) is 0 Å². The van der Waals surface area contributed by atoms with Crippen molar-refractivity contribution in [1.82, 2.24) is 19.5 Å². The minimum absolute atomic E-state index is 0.638. The molecule has 4 nitrogen and oxygen atoms in total. The van der Waals surface area contributed by atoms with Crippen LogP contribution in [0.4, 0.5) is 0 Å². The maximum Gasteiger partial charge on any atom is 0.164 e. The molecule has 2 aromatic heterocycles. The van der Waals surface area contributed by atoms with E-state index >= 15 is 0 Å². The average Bonchev–Trinajstić information content (AvgIpc) is 3.61. The molecule has 0 N–H and O–H groups in total. The molecule has 0 aliphatic heterocycles. The Morgan fingerprint density at radius 2 is 0.839 bits per heavy atom. The zero-order valence-corrected chi connectivity index (χ0v) is 30.8. The molecule has 4 heteroatoms. The first kappa shape index (κ1) is 33.2. The highest BCUT2D eigenvalue weighted by Gasteiger charge is 2.17. The van der Waals surface area contributed by atoms with Crippen LogP contribution in [0.25, 0.3) is 95.0 Å². The average molecular weight is 717 g/mol. The smallest absolute Gasteiger partial charge is 0.164 e. The maximum absolute atomic E-state index is 5.01. The van der Waals surface area contributed by atoms with Gasteiger partial charge in [0.25, 0.3) is 0 Å². The van der Waals surface area contributed by atoms with Crippen molar-refractivity contribution in [3.05, 3.63) is 206 Å². The van der Waals surface area contributed by atoms with Gasteiger partial charge in [-0.3, -0.25) is 0 Å². The lowest BCUT2D eigenvalue weighted by Gasteiger charge is -2.15. The fraction of sp³-hybridized carbons (Fsp3) is 0.0192. The van der Waals surface area contributed by atoms with Crippen molar-refractivity contribution in [2.45, 2.75) is 6.92 Å². The summed E-state index contributed by atoms with van der Waals surface area (Å²) >= 11 is 0. The van der Waals surface area contributed by atoms with Crippen LogP contribution in [0.3, 0.4) is 0 Å². The number of fused-ring (bicyclic) bond motifs is 3. The second-order valence-corrected chi connectivity index (χ2v) is 14.1. The third kappa shape index (κ3) is 6.04. The molecule has 0 aliphatic carbocycles. The van der Waals surface area contributed by atoms with E-state index in [0.717, 1.165) is 33.5 Å². The maximum atomic E-state index is 5.01. The lowest BCUT2D eigenvalue weighted by Crippen LogP contribution is -2.00. The quantitative estimate of drug-likeness (QED) is 0.165. The number of aromatic nitrogens is 4. The second kappa shape index (κ2) is 14.1. The molecule has 56 heavy (non-hydrogen) atoms. The van der Waals surface area contributed by atoms with Crippen LogP contribution in [0.15, 0.2) is 200 Å². The summed E-state index contributed by atoms with van der Waals surface area (Å²) in [4.78, 5) is 14.9. The van der Waals surface area contributed by atoms with Crippen LogP contribution < -0.4 is 0 Å². The Balaban J connectivity index is 1.06. The molecule has 10 rings (SSSR count). The third-order valence-electron chi connectivity index (χ3n) is 10.6. The van der Waals surface area contributed by atoms with Crippen LogP contribution in [-0.4, -0.2) is 19.5 Å². The number of aryl methyl sites for hydroxylation is 1. The standard InChI is InChI=1S/C52H36N4/c1-35-28-29-38(39-30-31-49-47(34-39)45-26-13-14-27-48(45)56(49)42-22-9-4-10-23-42)33-46(35)44-25-12-11-24-43(44)40-20-15-21-41(32-40)52-54-50(36-16-5-2-6-17-36)53-51(55-52)37-18-7-3-8-19-37/h2-34H,1H3. The number of para-hydroxylation sites is 2. The van der Waals surface area contributed by atoms with Gasteiger partial charge in [0.05, 0.1) is 11.0 Å². The summed E-state index contributed by atoms with van der Waals surface area (Å²) in [7, 11) is 0. The number of hydrogen-bond donors (Lipinski definition) is 0. The van der Waals surface area contributed by atoms with Crippen LogP contribution in [0.1, 0.15) is 5.56 Å². The van der Waals surface area contributed by atoms with E-state index in [4.69, 9.17) is 15.0 Å². The molecule has 0 aliphatic rings. The number of nitrogens with zero attached hydrogens (tertiary/aromatic N) is 4. The highest BCUT2D eigenvalue weighted by Crippen LogP contribution is 2.39. The van der Waals surface area contributed by atoms with Crippen LogP contribution >= 0.6 is 0 Å². The van der Waals surface area contributed by atoms with E-state index in [2.05, 4.69) is 151 Å². The summed E-state index contributed by atoms with van der Waals surface area (Å²) in [6.07, 6.45) is 0. The first-order chi connectivity index (χ1) is 27.7. The van der Waals surface area contributed by atoms with Crippen molar-refractivity contribution in [2.24, 2.45) is 0 Å². The molecule has 2 heterocycles. The van der Waals surface area contributed by atoms with Crippen molar-refractivity contribution in [3.8, 4) is 73.2 Å². The molecule has 0 saturated carbocycles. The molecule has 0 fully saturated rings. The predicted molar refractivity (Wildman–Crippen MR) is 232 cm³/mol. The molecule has 0 bridgehead atoms. The van der Waals surface area contributed by atoms with Crippen molar-refractivity contribution >= 4 is 21.8 Å². The molecule has 0 unspecified atom stereocenters. The van der Waals surface area contributed by atoms with E-state index < -0.39 is 0 Å². The van der Waals surface area contributed by atoms with Crippen molar-refractivity contribution < 1.29 is 0 Å². The van der Waals surface area contributed by atoms with E-state index in [0.29, 0.717) is 17.5 Å². The van der Waals surface area contributed by atoms with E-state index in [-0.39, 0.29) is 0 Å². The summed E-state index contributed by atoms with van der Waals surface area (Å²) in [5.41, 5.74) is 14.6. The highest BCUT2D eigenvalue weighted by molar-refractivity contribution is 6.10. The molecule has 8 aromatic carbocycles. The lowest BCUT2D eigenvalue weighted by atomic mass is 9.89. The molecule has 0 spiro atoms. The minimum Gasteiger partial charge on any atom is -0.309 e. The normalized spacial score (nSPS) is 11.3. The summed E-state index contributed by atoms with van der Waals surface area (Å²) in [6, 6.07) is 70.5. The van der Waals surface area contributed by atoms with E-state index in [1.54, 1.807) is 0 Å². The Kier molecular flexibility index (Phi) is 8.34. The Labute approximate surface area is 326 Å². The molecular formula is C52H36N4. The van der Waals surface area contributed by atoms with Crippen molar-refractivity contribution in [2.75, 3.05) is 0 Å². The van der Waals surface area contributed by atoms with E-state index in [1.807, 2.05) is 60.7 Å². The molecule has 0 saturated heterocycles. The number of rotatable bonds is 7. The van der Waals surface area contributed by atoms with Gasteiger partial charge in [0.15, 0.2) is 17.5 Å². The summed E-state index contributed by atoms with van der Waals surface area (Å²) in [6.45, 7) is 2.20. The van der Waals surface area contributed by atoms with Crippen LogP contribution in [-0.2, 0) is 0 Å². The van der Waals surface area contributed by atoms with Gasteiger partial charge in [-0.05, 0) is 88.3 Å². The first-order valence-electron chi connectivity index (χ1n) is 18.9. The van der Waals surface area contributed by atoms with Gasteiger partial charge in [0, 0.05) is 33.2 Å². The van der Waals surface area contributed by atoms with Crippen LogP contribution in [0, 0.1) is 6.92 Å². The van der Waals surface area contributed by atoms with Crippen LogP contribution in [0.2, 0.25) is 0 Å². The number of hydrogen-bond acceptors (Lipinski definition) is 3. The van der Waals surface area contributed by atoms with Gasteiger partial charge in [-0.15, -0.1) is 0 Å². The molecule has 10 aromatic rings. The Morgan fingerprint density at radius 1 is 0.321 bits per heavy atom. The Bertz CT molecular complexity index is 2960. The van der Waals surface area contributed by atoms with E-state index in [9.17, 15) is 0 Å². The summed E-state index contributed by atoms with van der Waals surface area (Å²) in [5, 5.41) is 2.49. The van der Waals surface area contributed by atoms with Gasteiger partial charge < -0.3 is 4.57 Å². The summed E-state index contributed by atoms with van der Waals surface area (Å²) in [5.74, 6) is 1.94. The number of benzene rings is 8. The zero-order chi connectivity index (χ0) is 37.4. The van der Waals surface area contributed by atoms with Gasteiger partial charge in [0.1, 0.15) is 0 Å². The van der Waals surface area contributed by atoms with Gasteiger partial charge in [-0.2, -0.15) is 0 Å². The van der Waals surface area contributed by atoms with Gasteiger partial charge in [-0.1, -0.05) is 158 Å². The predicted octanol–water partition coefficient (Wildman–Crippen LogP) is 13.3. The SMILES string of the molecule is Cc1ccc(-c2ccc3c(c2)c2ccccc2n3-c2ccccc2)cc1-c1ccccc1-c1cccc(-c2nc(-c3ccccc3)nc(-c3ccccc3)n2)c1. The monoisotopic (exact) mass is 716 g/mol. The first-order valence-corrected chi connectivity index (χ1v) is 18.9. The van der Waals surface area contributed by atoms with Crippen LogP contribution in [0.5, 0.6) is 0 Å². The Hall–Kier alpha value is -7.43. The van der Waals surface area contributed by atoms with Gasteiger partial charge >= 0.3 is 0 Å². The largest absolute Gasteiger partial charge is 0.309 e. The fourth-order valence-electron chi connectivity index (χ4n) is 7.83. The van der Waals surface area contributed by atoms with Gasteiger partial charge in [-0.25, -0.2) is 15.0 Å².